The van der Waals surface area contributed by atoms with Crippen LogP contribution in [0.25, 0.3) is 12.3 Å². The van der Waals surface area contributed by atoms with Crippen molar-refractivity contribution >= 4 is 12.3 Å². The molecule has 1 rings (SSSR count). The van der Waals surface area contributed by atoms with E-state index < -0.39 is 0 Å². The third kappa shape index (κ3) is 2.08. The van der Waals surface area contributed by atoms with Crippen LogP contribution in [0.1, 0.15) is 38.1 Å². The maximum atomic E-state index is 4.43. The molecule has 0 unspecified atom stereocenters. The van der Waals surface area contributed by atoms with Crippen LogP contribution in [-0.4, -0.2) is 9.78 Å². The second kappa shape index (κ2) is 4.08. The fourth-order valence-corrected chi connectivity index (χ4v) is 1.12. The minimum atomic E-state index is 0.463. The van der Waals surface area contributed by atoms with Crippen LogP contribution in [0, 0.1) is 0 Å². The highest BCUT2D eigenvalue weighted by molar-refractivity contribution is 5.47. The Morgan fingerprint density at radius 2 is 2.23 bits per heavy atom. The molecule has 0 atom stereocenters. The first-order valence-corrected chi connectivity index (χ1v) is 4.53. The van der Waals surface area contributed by atoms with Crippen molar-refractivity contribution in [3.05, 3.63) is 30.1 Å². The number of aromatic nitrogens is 2. The maximum Gasteiger partial charge on any atom is 0.0660 e. The predicted molar refractivity (Wildman–Crippen MR) is 57.4 cm³/mol. The molecule has 0 aliphatic rings. The van der Waals surface area contributed by atoms with Gasteiger partial charge in [0.1, 0.15) is 0 Å². The van der Waals surface area contributed by atoms with E-state index in [1.54, 1.807) is 0 Å². The third-order valence-corrected chi connectivity index (χ3v) is 1.87. The van der Waals surface area contributed by atoms with E-state index in [-0.39, 0.29) is 0 Å². The van der Waals surface area contributed by atoms with Crippen molar-refractivity contribution in [2.45, 2.75) is 26.7 Å². The summed E-state index contributed by atoms with van der Waals surface area (Å²) in [6.45, 7) is 10.00. The molecule has 0 saturated carbocycles. The monoisotopic (exact) mass is 176 g/mol. The van der Waals surface area contributed by atoms with Crippen LogP contribution < -0.4 is 0 Å². The second-order valence-electron chi connectivity index (χ2n) is 3.28. The lowest BCUT2D eigenvalue weighted by molar-refractivity contribution is 0.782. The number of hydrogen-bond acceptors (Lipinski definition) is 1. The molecule has 13 heavy (non-hydrogen) atoms. The molecule has 0 fully saturated rings. The quantitative estimate of drug-likeness (QED) is 0.691. The van der Waals surface area contributed by atoms with Crippen LogP contribution in [0.4, 0.5) is 0 Å². The van der Waals surface area contributed by atoms with Gasteiger partial charge in [-0.1, -0.05) is 26.5 Å². The molecule has 70 valence electrons. The molecule has 0 N–H and O–H groups in total. The number of allylic oxidation sites excluding steroid dienone is 1. The summed E-state index contributed by atoms with van der Waals surface area (Å²) in [6, 6.07) is 2.07. The highest BCUT2D eigenvalue weighted by Gasteiger charge is 2.05. The predicted octanol–water partition coefficient (Wildman–Crippen LogP) is 3.14. The maximum absolute atomic E-state index is 4.43. The van der Waals surface area contributed by atoms with Crippen molar-refractivity contribution in [3.8, 4) is 0 Å². The Hall–Kier alpha value is -1.31. The Balaban J connectivity index is 3.11. The van der Waals surface area contributed by atoms with Gasteiger partial charge in [0.05, 0.1) is 11.4 Å². The summed E-state index contributed by atoms with van der Waals surface area (Å²) >= 11 is 0. The van der Waals surface area contributed by atoms with Gasteiger partial charge in [-0.25, -0.2) is 4.68 Å². The molecule has 0 bridgehead atoms. The first-order valence-electron chi connectivity index (χ1n) is 4.53. The Kier molecular flexibility index (Phi) is 3.07. The van der Waals surface area contributed by atoms with E-state index in [9.17, 15) is 0 Å². The molecule has 0 aliphatic carbocycles. The molecule has 0 spiro atoms. The molecule has 1 heterocycles. The summed E-state index contributed by atoms with van der Waals surface area (Å²) in [7, 11) is 0. The van der Waals surface area contributed by atoms with Crippen LogP contribution in [0.2, 0.25) is 0 Å². The lowest BCUT2D eigenvalue weighted by Gasteiger charge is -1.96. The van der Waals surface area contributed by atoms with Gasteiger partial charge in [-0.3, -0.25) is 0 Å². The van der Waals surface area contributed by atoms with Gasteiger partial charge in [-0.15, -0.1) is 0 Å². The molecule has 0 radical (unpaired) electrons. The zero-order valence-corrected chi connectivity index (χ0v) is 8.49. The standard InChI is InChI=1S/C11H16N2/c1-5-7-13-10(6-2)8-11(12-13)9(3)4/h5-9H,2H2,1,3-4H3/b7-5-. The average Bonchev–Trinajstić information content (AvgIpc) is 2.48. The highest BCUT2D eigenvalue weighted by atomic mass is 15.3. The summed E-state index contributed by atoms with van der Waals surface area (Å²) < 4.78 is 1.85. The van der Waals surface area contributed by atoms with Crippen molar-refractivity contribution < 1.29 is 0 Å². The van der Waals surface area contributed by atoms with E-state index in [1.165, 1.54) is 0 Å². The van der Waals surface area contributed by atoms with Gasteiger partial charge >= 0.3 is 0 Å². The van der Waals surface area contributed by atoms with Gasteiger partial charge < -0.3 is 0 Å². The molecular weight excluding hydrogens is 160 g/mol. The fraction of sp³-hybridized carbons (Fsp3) is 0.364. The number of hydrogen-bond donors (Lipinski definition) is 0. The highest BCUT2D eigenvalue weighted by Crippen LogP contribution is 2.15. The van der Waals surface area contributed by atoms with Crippen molar-refractivity contribution in [2.75, 3.05) is 0 Å². The van der Waals surface area contributed by atoms with Crippen LogP contribution >= 0.6 is 0 Å². The zero-order chi connectivity index (χ0) is 9.84. The van der Waals surface area contributed by atoms with Crippen LogP contribution in [0.3, 0.4) is 0 Å². The lowest BCUT2D eigenvalue weighted by atomic mass is 10.1. The normalized spacial score (nSPS) is 11.4. The van der Waals surface area contributed by atoms with Crippen LogP contribution in [0.5, 0.6) is 0 Å². The van der Waals surface area contributed by atoms with E-state index in [4.69, 9.17) is 0 Å². The van der Waals surface area contributed by atoms with Gasteiger partial charge in [0.2, 0.25) is 0 Å². The van der Waals surface area contributed by atoms with Crippen LogP contribution in [0.15, 0.2) is 18.7 Å². The average molecular weight is 176 g/mol. The van der Waals surface area contributed by atoms with Crippen molar-refractivity contribution in [3.63, 3.8) is 0 Å². The van der Waals surface area contributed by atoms with Crippen molar-refractivity contribution in [1.29, 1.82) is 0 Å². The Morgan fingerprint density at radius 1 is 1.54 bits per heavy atom. The summed E-state index contributed by atoms with van der Waals surface area (Å²) in [5, 5.41) is 4.43. The van der Waals surface area contributed by atoms with E-state index in [1.807, 2.05) is 30.0 Å². The molecule has 0 amide bonds. The molecule has 2 nitrogen and oxygen atoms in total. The summed E-state index contributed by atoms with van der Waals surface area (Å²) in [5.41, 5.74) is 2.15. The van der Waals surface area contributed by atoms with E-state index >= 15 is 0 Å². The van der Waals surface area contributed by atoms with Gasteiger partial charge in [0.15, 0.2) is 0 Å². The first kappa shape index (κ1) is 9.78. The Morgan fingerprint density at radius 3 is 2.69 bits per heavy atom. The summed E-state index contributed by atoms with van der Waals surface area (Å²) in [6.07, 6.45) is 5.71. The molecule has 1 aromatic heterocycles. The molecule has 2 heteroatoms. The number of nitrogens with zero attached hydrogens (tertiary/aromatic N) is 2. The molecule has 0 aromatic carbocycles. The molecule has 0 aliphatic heterocycles. The van der Waals surface area contributed by atoms with E-state index in [2.05, 4.69) is 31.6 Å². The minimum Gasteiger partial charge on any atom is -0.241 e. The fourth-order valence-electron chi connectivity index (χ4n) is 1.12. The number of rotatable bonds is 3. The van der Waals surface area contributed by atoms with E-state index in [0.717, 1.165) is 11.4 Å². The van der Waals surface area contributed by atoms with Crippen molar-refractivity contribution in [1.82, 2.24) is 9.78 Å². The molecular formula is C11H16N2. The zero-order valence-electron chi connectivity index (χ0n) is 8.49. The largest absolute Gasteiger partial charge is 0.241 e. The molecule has 1 aromatic rings. The van der Waals surface area contributed by atoms with Crippen molar-refractivity contribution in [2.24, 2.45) is 0 Å². The van der Waals surface area contributed by atoms with E-state index in [0.29, 0.717) is 5.92 Å². The molecule has 0 saturated heterocycles. The van der Waals surface area contributed by atoms with Gasteiger partial charge in [-0.05, 0) is 25.0 Å². The third-order valence-electron chi connectivity index (χ3n) is 1.87. The first-order chi connectivity index (χ1) is 6.19. The van der Waals surface area contributed by atoms with Gasteiger partial charge in [0.25, 0.3) is 0 Å². The smallest absolute Gasteiger partial charge is 0.0660 e. The van der Waals surface area contributed by atoms with Gasteiger partial charge in [-0.2, -0.15) is 5.10 Å². The topological polar surface area (TPSA) is 17.8 Å². The SMILES string of the molecule is C=Cc1cc(C(C)C)nn1/C=C\C. The van der Waals surface area contributed by atoms with Gasteiger partial charge in [0, 0.05) is 6.20 Å². The second-order valence-corrected chi connectivity index (χ2v) is 3.28. The summed E-state index contributed by atoms with van der Waals surface area (Å²) in [4.78, 5) is 0. The van der Waals surface area contributed by atoms with Crippen LogP contribution in [-0.2, 0) is 0 Å². The Bertz CT molecular complexity index is 319. The Labute approximate surface area is 79.6 Å². The summed E-state index contributed by atoms with van der Waals surface area (Å²) in [5.74, 6) is 0.463. The minimum absolute atomic E-state index is 0.463. The lowest BCUT2D eigenvalue weighted by Crippen LogP contribution is -1.93.